The van der Waals surface area contributed by atoms with Gasteiger partial charge >= 0.3 is 0 Å². The molecule has 3 aromatic rings. The maximum absolute atomic E-state index is 9.56. The summed E-state index contributed by atoms with van der Waals surface area (Å²) in [5.74, 6) is 0.188. The minimum atomic E-state index is -0.200. The Morgan fingerprint density at radius 3 is 2.29 bits per heavy atom. The van der Waals surface area contributed by atoms with Gasteiger partial charge in [0.1, 0.15) is 5.03 Å². The van der Waals surface area contributed by atoms with Gasteiger partial charge in [0, 0.05) is 17.3 Å². The third-order valence-corrected chi connectivity index (χ3v) is 3.38. The standard InChI is InChI=1S/C16H11N2O2S/c19-13-7-6-11(8-14(13)20)12-9-17-15(18-16(12)21)10-4-2-1-3-5-10/h1-9,19-20H. The van der Waals surface area contributed by atoms with Crippen LogP contribution in [0.25, 0.3) is 22.5 Å². The smallest absolute Gasteiger partial charge is 0.160 e. The molecule has 1 radical (unpaired) electrons. The van der Waals surface area contributed by atoms with E-state index in [0.717, 1.165) is 5.56 Å². The monoisotopic (exact) mass is 295 g/mol. The van der Waals surface area contributed by atoms with E-state index >= 15 is 0 Å². The summed E-state index contributed by atoms with van der Waals surface area (Å²) in [5.41, 5.74) is 2.19. The fraction of sp³-hybridized carbons (Fsp3) is 0. The Balaban J connectivity index is 2.04. The van der Waals surface area contributed by atoms with Gasteiger partial charge in [0.2, 0.25) is 0 Å². The van der Waals surface area contributed by atoms with Gasteiger partial charge in [-0.1, -0.05) is 49.0 Å². The Kier molecular flexibility index (Phi) is 3.41. The number of aromatic hydroxyl groups is 2. The number of rotatable bonds is 2. The Hall–Kier alpha value is -2.66. The average Bonchev–Trinajstić information content (AvgIpc) is 2.51. The van der Waals surface area contributed by atoms with E-state index in [9.17, 15) is 10.2 Å². The summed E-state index contributed by atoms with van der Waals surface area (Å²) in [5, 5.41) is 19.3. The lowest BCUT2D eigenvalue weighted by atomic mass is 10.1. The van der Waals surface area contributed by atoms with Crippen molar-refractivity contribution in [2.24, 2.45) is 0 Å². The molecular formula is C16H11N2O2S. The highest BCUT2D eigenvalue weighted by Gasteiger charge is 2.10. The van der Waals surface area contributed by atoms with E-state index in [2.05, 4.69) is 9.97 Å². The second-order valence-corrected chi connectivity index (χ2v) is 4.87. The minimum absolute atomic E-state index is 0.175. The second-order valence-electron chi connectivity index (χ2n) is 4.48. The molecule has 0 aliphatic carbocycles. The number of aromatic nitrogens is 2. The molecule has 5 heteroatoms. The zero-order chi connectivity index (χ0) is 14.8. The van der Waals surface area contributed by atoms with Crippen molar-refractivity contribution in [3.8, 4) is 34.0 Å². The zero-order valence-electron chi connectivity index (χ0n) is 10.9. The first-order valence-electron chi connectivity index (χ1n) is 6.27. The molecule has 2 N–H and O–H groups in total. The molecule has 0 unspecified atom stereocenters. The molecule has 103 valence electrons. The van der Waals surface area contributed by atoms with E-state index in [1.807, 2.05) is 30.3 Å². The lowest BCUT2D eigenvalue weighted by Gasteiger charge is -2.07. The van der Waals surface area contributed by atoms with Crippen molar-refractivity contribution >= 4 is 12.6 Å². The molecule has 0 aliphatic heterocycles. The van der Waals surface area contributed by atoms with E-state index in [-0.39, 0.29) is 11.5 Å². The highest BCUT2D eigenvalue weighted by molar-refractivity contribution is 7.80. The van der Waals surface area contributed by atoms with Gasteiger partial charge in [0.25, 0.3) is 0 Å². The number of hydrogen-bond donors (Lipinski definition) is 2. The highest BCUT2D eigenvalue weighted by atomic mass is 32.1. The molecule has 0 saturated heterocycles. The van der Waals surface area contributed by atoms with E-state index in [0.29, 0.717) is 22.0 Å². The third-order valence-electron chi connectivity index (χ3n) is 3.07. The molecule has 0 aliphatic rings. The summed E-state index contributed by atoms with van der Waals surface area (Å²) in [6.45, 7) is 0. The van der Waals surface area contributed by atoms with Crippen LogP contribution in [0.1, 0.15) is 0 Å². The third kappa shape index (κ3) is 2.64. The number of phenolic OH excluding ortho intramolecular Hbond substituents is 2. The molecular weight excluding hydrogens is 284 g/mol. The van der Waals surface area contributed by atoms with Crippen LogP contribution in [-0.4, -0.2) is 20.2 Å². The summed E-state index contributed by atoms with van der Waals surface area (Å²) in [7, 11) is 0. The molecule has 21 heavy (non-hydrogen) atoms. The fourth-order valence-electron chi connectivity index (χ4n) is 1.98. The van der Waals surface area contributed by atoms with Crippen LogP contribution in [0.3, 0.4) is 0 Å². The van der Waals surface area contributed by atoms with E-state index < -0.39 is 0 Å². The summed E-state index contributed by atoms with van der Waals surface area (Å²) in [6.07, 6.45) is 1.63. The van der Waals surface area contributed by atoms with E-state index in [1.165, 1.54) is 12.1 Å². The predicted octanol–water partition coefficient (Wildman–Crippen LogP) is 3.78. The normalized spacial score (nSPS) is 10.5. The van der Waals surface area contributed by atoms with Crippen molar-refractivity contribution in [1.29, 1.82) is 0 Å². The first kappa shape index (κ1) is 13.3. The summed E-state index contributed by atoms with van der Waals surface area (Å²) in [4.78, 5) is 8.65. The predicted molar refractivity (Wildman–Crippen MR) is 82.1 cm³/mol. The van der Waals surface area contributed by atoms with Crippen LogP contribution in [0.15, 0.2) is 59.8 Å². The summed E-state index contributed by atoms with van der Waals surface area (Å²) >= 11 is 5.30. The Morgan fingerprint density at radius 1 is 0.857 bits per heavy atom. The maximum atomic E-state index is 9.56. The largest absolute Gasteiger partial charge is 0.504 e. The quantitative estimate of drug-likeness (QED) is 0.558. The van der Waals surface area contributed by atoms with Crippen molar-refractivity contribution in [3.63, 3.8) is 0 Å². The molecule has 0 fully saturated rings. The van der Waals surface area contributed by atoms with E-state index in [1.54, 1.807) is 12.3 Å². The molecule has 0 saturated carbocycles. The molecule has 1 aromatic heterocycles. The van der Waals surface area contributed by atoms with Gasteiger partial charge in [0.15, 0.2) is 17.3 Å². The number of benzene rings is 2. The van der Waals surface area contributed by atoms with Crippen LogP contribution in [0, 0.1) is 0 Å². The highest BCUT2D eigenvalue weighted by Crippen LogP contribution is 2.33. The minimum Gasteiger partial charge on any atom is -0.504 e. The molecule has 1 heterocycles. The van der Waals surface area contributed by atoms with Gasteiger partial charge in [-0.2, -0.15) is 0 Å². The van der Waals surface area contributed by atoms with Crippen molar-refractivity contribution in [3.05, 3.63) is 54.7 Å². The summed E-state index contributed by atoms with van der Waals surface area (Å²) < 4.78 is 0. The van der Waals surface area contributed by atoms with E-state index in [4.69, 9.17) is 12.6 Å². The summed E-state index contributed by atoms with van der Waals surface area (Å²) in [6, 6.07) is 14.1. The number of hydrogen-bond acceptors (Lipinski definition) is 4. The van der Waals surface area contributed by atoms with Gasteiger partial charge in [-0.15, -0.1) is 0 Å². The molecule has 0 atom stereocenters. The SMILES string of the molecule is Oc1ccc(-c2cnc(-c3ccccc3)nc2[S])cc1O. The van der Waals surface area contributed by atoms with Gasteiger partial charge in [-0.05, 0) is 17.7 Å². The first-order chi connectivity index (χ1) is 10.1. The fourth-order valence-corrected chi connectivity index (χ4v) is 2.24. The lowest BCUT2D eigenvalue weighted by Crippen LogP contribution is -1.92. The van der Waals surface area contributed by atoms with Gasteiger partial charge in [-0.3, -0.25) is 0 Å². The van der Waals surface area contributed by atoms with Crippen molar-refractivity contribution in [1.82, 2.24) is 9.97 Å². The molecule has 0 spiro atoms. The van der Waals surface area contributed by atoms with Gasteiger partial charge in [0.05, 0.1) is 0 Å². The Morgan fingerprint density at radius 2 is 1.62 bits per heavy atom. The molecule has 0 bridgehead atoms. The molecule has 4 nitrogen and oxygen atoms in total. The maximum Gasteiger partial charge on any atom is 0.160 e. The number of nitrogens with zero attached hydrogens (tertiary/aromatic N) is 2. The van der Waals surface area contributed by atoms with Crippen LogP contribution < -0.4 is 0 Å². The van der Waals surface area contributed by atoms with Crippen molar-refractivity contribution < 1.29 is 10.2 Å². The Labute approximate surface area is 127 Å². The van der Waals surface area contributed by atoms with Crippen LogP contribution >= 0.6 is 12.6 Å². The lowest BCUT2D eigenvalue weighted by molar-refractivity contribution is 0.404. The van der Waals surface area contributed by atoms with Gasteiger partial charge < -0.3 is 10.2 Å². The second kappa shape index (κ2) is 5.38. The van der Waals surface area contributed by atoms with Crippen molar-refractivity contribution in [2.45, 2.75) is 5.03 Å². The number of phenols is 2. The average molecular weight is 295 g/mol. The molecule has 0 amide bonds. The van der Waals surface area contributed by atoms with Crippen LogP contribution in [0.4, 0.5) is 0 Å². The first-order valence-corrected chi connectivity index (χ1v) is 6.68. The topological polar surface area (TPSA) is 66.2 Å². The van der Waals surface area contributed by atoms with Crippen LogP contribution in [-0.2, 0) is 0 Å². The van der Waals surface area contributed by atoms with Crippen LogP contribution in [0.5, 0.6) is 11.5 Å². The Bertz CT molecular complexity index is 792. The molecule has 3 rings (SSSR count). The van der Waals surface area contributed by atoms with Crippen molar-refractivity contribution in [2.75, 3.05) is 0 Å². The van der Waals surface area contributed by atoms with Crippen LogP contribution in [0.2, 0.25) is 0 Å². The zero-order valence-corrected chi connectivity index (χ0v) is 11.7. The molecule has 2 aromatic carbocycles. The van der Waals surface area contributed by atoms with Gasteiger partial charge in [-0.25, -0.2) is 9.97 Å².